The molecule has 6 nitrogen and oxygen atoms in total. The van der Waals surface area contributed by atoms with E-state index in [9.17, 15) is 0 Å². The standard InChI is InChI=1S/C20H23N5OS/c1-20(2,11-26-3)17-7-16-18(22-12-23-19(16)27-17)25-24-8-13-4-5-14-9-21-10-15(14)6-13/h4-8,12,21H,9-11H2,1-3H3,(H,22,23,25). The van der Waals surface area contributed by atoms with E-state index >= 15 is 0 Å². The first-order valence-electron chi connectivity index (χ1n) is 8.92. The number of methoxy groups -OCH3 is 1. The Labute approximate surface area is 162 Å². The van der Waals surface area contributed by atoms with Gasteiger partial charge in [0, 0.05) is 30.5 Å². The summed E-state index contributed by atoms with van der Waals surface area (Å²) in [6.07, 6.45) is 3.40. The number of thiophene rings is 1. The Hall–Kier alpha value is -2.35. The molecular formula is C20H23N5OS. The van der Waals surface area contributed by atoms with Crippen LogP contribution in [0.4, 0.5) is 5.82 Å². The number of rotatable bonds is 6. The quantitative estimate of drug-likeness (QED) is 0.504. The van der Waals surface area contributed by atoms with Crippen LogP contribution in [0.2, 0.25) is 0 Å². The number of nitrogens with one attached hydrogen (secondary N) is 2. The molecule has 0 bridgehead atoms. The second-order valence-corrected chi connectivity index (χ2v) is 8.40. The minimum absolute atomic E-state index is 0.0703. The molecule has 0 saturated carbocycles. The summed E-state index contributed by atoms with van der Waals surface area (Å²) in [5.41, 5.74) is 6.78. The molecular weight excluding hydrogens is 358 g/mol. The van der Waals surface area contributed by atoms with Gasteiger partial charge in [-0.2, -0.15) is 5.10 Å². The molecule has 7 heteroatoms. The van der Waals surface area contributed by atoms with E-state index in [1.807, 2.05) is 6.21 Å². The van der Waals surface area contributed by atoms with Gasteiger partial charge in [0.2, 0.25) is 0 Å². The van der Waals surface area contributed by atoms with E-state index in [2.05, 4.69) is 63.9 Å². The van der Waals surface area contributed by atoms with E-state index in [4.69, 9.17) is 4.74 Å². The Morgan fingerprint density at radius 2 is 2.11 bits per heavy atom. The van der Waals surface area contributed by atoms with Gasteiger partial charge in [0.05, 0.1) is 18.2 Å². The molecule has 0 unspecified atom stereocenters. The number of fused-ring (bicyclic) bond motifs is 2. The molecule has 2 N–H and O–H groups in total. The van der Waals surface area contributed by atoms with E-state index < -0.39 is 0 Å². The van der Waals surface area contributed by atoms with Crippen molar-refractivity contribution in [3.05, 3.63) is 52.2 Å². The molecule has 3 aromatic rings. The van der Waals surface area contributed by atoms with Crippen molar-refractivity contribution in [1.29, 1.82) is 0 Å². The number of hydrogen-bond donors (Lipinski definition) is 2. The van der Waals surface area contributed by atoms with E-state index in [-0.39, 0.29) is 5.41 Å². The maximum Gasteiger partial charge on any atom is 0.158 e. The van der Waals surface area contributed by atoms with E-state index in [1.165, 1.54) is 16.0 Å². The van der Waals surface area contributed by atoms with Crippen molar-refractivity contribution in [3.63, 3.8) is 0 Å². The van der Waals surface area contributed by atoms with Gasteiger partial charge in [0.15, 0.2) is 5.82 Å². The first-order valence-corrected chi connectivity index (χ1v) is 9.74. The molecule has 4 rings (SSSR count). The topological polar surface area (TPSA) is 71.4 Å². The summed E-state index contributed by atoms with van der Waals surface area (Å²) in [5, 5.41) is 8.73. The summed E-state index contributed by atoms with van der Waals surface area (Å²) in [7, 11) is 1.73. The summed E-state index contributed by atoms with van der Waals surface area (Å²) >= 11 is 1.67. The number of benzene rings is 1. The van der Waals surface area contributed by atoms with Gasteiger partial charge in [-0.1, -0.05) is 26.0 Å². The zero-order valence-electron chi connectivity index (χ0n) is 15.7. The zero-order chi connectivity index (χ0) is 18.9. The monoisotopic (exact) mass is 381 g/mol. The molecule has 2 aromatic heterocycles. The van der Waals surface area contributed by atoms with Crippen LogP contribution in [0.15, 0.2) is 35.7 Å². The molecule has 0 atom stereocenters. The van der Waals surface area contributed by atoms with Crippen LogP contribution in [0, 0.1) is 0 Å². The predicted molar refractivity (Wildman–Crippen MR) is 111 cm³/mol. The Bertz CT molecular complexity index is 995. The van der Waals surface area contributed by atoms with Gasteiger partial charge in [-0.05, 0) is 28.8 Å². The van der Waals surface area contributed by atoms with Gasteiger partial charge in [-0.15, -0.1) is 11.3 Å². The highest BCUT2D eigenvalue weighted by molar-refractivity contribution is 7.18. The number of aromatic nitrogens is 2. The highest BCUT2D eigenvalue weighted by Crippen LogP contribution is 2.35. The van der Waals surface area contributed by atoms with Crippen molar-refractivity contribution < 1.29 is 4.74 Å². The average Bonchev–Trinajstić information content (AvgIpc) is 3.28. The van der Waals surface area contributed by atoms with Crippen molar-refractivity contribution in [2.45, 2.75) is 32.4 Å². The van der Waals surface area contributed by atoms with Crippen LogP contribution in [0.5, 0.6) is 0 Å². The lowest BCUT2D eigenvalue weighted by atomic mass is 9.92. The molecule has 0 saturated heterocycles. The molecule has 140 valence electrons. The predicted octanol–water partition coefficient (Wildman–Crippen LogP) is 3.66. The molecule has 0 amide bonds. The Morgan fingerprint density at radius 3 is 2.96 bits per heavy atom. The third-order valence-electron chi connectivity index (χ3n) is 4.75. The number of ether oxygens (including phenoxy) is 1. The lowest BCUT2D eigenvalue weighted by Crippen LogP contribution is -2.21. The van der Waals surface area contributed by atoms with Crippen molar-refractivity contribution in [2.75, 3.05) is 19.1 Å². The van der Waals surface area contributed by atoms with Gasteiger partial charge >= 0.3 is 0 Å². The van der Waals surface area contributed by atoms with E-state index in [0.717, 1.165) is 34.7 Å². The summed E-state index contributed by atoms with van der Waals surface area (Å²) in [6, 6.07) is 8.55. The Kier molecular flexibility index (Phi) is 4.90. The fraction of sp³-hybridized carbons (Fsp3) is 0.350. The zero-order valence-corrected chi connectivity index (χ0v) is 16.6. The van der Waals surface area contributed by atoms with Crippen molar-refractivity contribution >= 4 is 33.6 Å². The third kappa shape index (κ3) is 3.71. The maximum atomic E-state index is 5.36. The molecule has 0 radical (unpaired) electrons. The minimum Gasteiger partial charge on any atom is -0.384 e. The molecule has 1 aromatic carbocycles. The first kappa shape index (κ1) is 18.0. The molecule has 0 spiro atoms. The van der Waals surface area contributed by atoms with Crippen LogP contribution in [-0.2, 0) is 23.2 Å². The van der Waals surface area contributed by atoms with Crippen molar-refractivity contribution in [3.8, 4) is 0 Å². The minimum atomic E-state index is -0.0703. The second kappa shape index (κ2) is 7.34. The summed E-state index contributed by atoms with van der Waals surface area (Å²) in [4.78, 5) is 10.9. The molecule has 1 aliphatic heterocycles. The normalized spacial score (nSPS) is 14.2. The first-order chi connectivity index (χ1) is 13.1. The SMILES string of the molecule is COCC(C)(C)c1cc2c(NN=Cc3ccc4c(c3)CNC4)ncnc2s1. The van der Waals surface area contributed by atoms with Gasteiger partial charge in [0.1, 0.15) is 11.2 Å². The van der Waals surface area contributed by atoms with Crippen molar-refractivity contribution in [2.24, 2.45) is 5.10 Å². The van der Waals surface area contributed by atoms with E-state index in [0.29, 0.717) is 6.61 Å². The Morgan fingerprint density at radius 1 is 1.26 bits per heavy atom. The second-order valence-electron chi connectivity index (χ2n) is 7.37. The summed E-state index contributed by atoms with van der Waals surface area (Å²) in [6.45, 7) is 6.86. The van der Waals surface area contributed by atoms with Gasteiger partial charge < -0.3 is 10.1 Å². The smallest absolute Gasteiger partial charge is 0.158 e. The molecule has 0 fully saturated rings. The largest absolute Gasteiger partial charge is 0.384 e. The third-order valence-corrected chi connectivity index (χ3v) is 6.16. The number of hydrogen-bond acceptors (Lipinski definition) is 7. The molecule has 3 heterocycles. The van der Waals surface area contributed by atoms with Crippen molar-refractivity contribution in [1.82, 2.24) is 15.3 Å². The van der Waals surface area contributed by atoms with Gasteiger partial charge in [0.25, 0.3) is 0 Å². The number of hydrazone groups is 1. The van der Waals surface area contributed by atoms with Crippen LogP contribution in [0.25, 0.3) is 10.2 Å². The fourth-order valence-corrected chi connectivity index (χ4v) is 4.36. The lowest BCUT2D eigenvalue weighted by Gasteiger charge is -2.21. The number of nitrogens with zero attached hydrogens (tertiary/aromatic N) is 3. The Balaban J connectivity index is 1.56. The molecule has 27 heavy (non-hydrogen) atoms. The highest BCUT2D eigenvalue weighted by Gasteiger charge is 2.24. The van der Waals surface area contributed by atoms with Crippen LogP contribution in [-0.4, -0.2) is 29.9 Å². The molecule has 0 aliphatic carbocycles. The fourth-order valence-electron chi connectivity index (χ4n) is 3.27. The lowest BCUT2D eigenvalue weighted by molar-refractivity contribution is 0.148. The van der Waals surface area contributed by atoms with Gasteiger partial charge in [-0.25, -0.2) is 9.97 Å². The van der Waals surface area contributed by atoms with E-state index in [1.54, 1.807) is 24.8 Å². The average molecular weight is 382 g/mol. The van der Waals surface area contributed by atoms with Gasteiger partial charge in [-0.3, -0.25) is 5.43 Å². The number of anilines is 1. The van der Waals surface area contributed by atoms with Crippen LogP contribution < -0.4 is 10.7 Å². The van der Waals surface area contributed by atoms with Crippen LogP contribution >= 0.6 is 11.3 Å². The van der Waals surface area contributed by atoms with Crippen LogP contribution in [0.1, 0.15) is 35.4 Å². The molecule has 1 aliphatic rings. The summed E-state index contributed by atoms with van der Waals surface area (Å²) in [5.74, 6) is 0.717. The summed E-state index contributed by atoms with van der Waals surface area (Å²) < 4.78 is 5.36. The highest BCUT2D eigenvalue weighted by atomic mass is 32.1. The maximum absolute atomic E-state index is 5.36. The van der Waals surface area contributed by atoms with Crippen LogP contribution in [0.3, 0.4) is 0 Å².